The Hall–Kier alpha value is -0.870. The van der Waals surface area contributed by atoms with Crippen LogP contribution in [0.4, 0.5) is 0 Å². The number of aromatic amines is 1. The Bertz CT molecular complexity index is 340. The van der Waals surface area contributed by atoms with E-state index in [0.29, 0.717) is 0 Å². The minimum atomic E-state index is 0.767. The molecule has 0 atom stereocenters. The highest BCUT2D eigenvalue weighted by molar-refractivity contribution is 7.19. The van der Waals surface area contributed by atoms with Crippen LogP contribution in [0, 0.1) is 0 Å². The highest BCUT2D eigenvalue weighted by Gasteiger charge is 2.02. The van der Waals surface area contributed by atoms with Gasteiger partial charge in [0.05, 0.1) is 15.4 Å². The van der Waals surface area contributed by atoms with Crippen molar-refractivity contribution >= 4 is 22.9 Å². The summed E-state index contributed by atoms with van der Waals surface area (Å²) in [6.07, 6.45) is 1.67. The molecule has 0 saturated carbocycles. The lowest BCUT2D eigenvalue weighted by Gasteiger charge is -1.82. The molecule has 1 N–H and O–H groups in total. The number of nitrogens with zero attached hydrogens (tertiary/aromatic N) is 2. The van der Waals surface area contributed by atoms with Crippen LogP contribution in [0.2, 0.25) is 4.34 Å². The molecule has 0 aromatic carbocycles. The molecule has 2 aromatic heterocycles. The fraction of sp³-hybridized carbons (Fsp3) is 0. The summed E-state index contributed by atoms with van der Waals surface area (Å²) in [5.74, 6) is 0. The van der Waals surface area contributed by atoms with Crippen LogP contribution in [0.15, 0.2) is 18.3 Å². The van der Waals surface area contributed by atoms with Crippen molar-refractivity contribution in [1.82, 2.24) is 15.4 Å². The van der Waals surface area contributed by atoms with Crippen LogP contribution in [0.5, 0.6) is 0 Å². The van der Waals surface area contributed by atoms with Crippen molar-refractivity contribution in [3.05, 3.63) is 22.7 Å². The lowest BCUT2D eigenvalue weighted by atomic mass is 10.4. The van der Waals surface area contributed by atoms with E-state index >= 15 is 0 Å². The van der Waals surface area contributed by atoms with Crippen molar-refractivity contribution < 1.29 is 0 Å². The number of hydrogen-bond acceptors (Lipinski definition) is 3. The first-order valence-electron chi connectivity index (χ1n) is 2.98. The van der Waals surface area contributed by atoms with E-state index in [2.05, 4.69) is 15.4 Å². The Labute approximate surface area is 72.0 Å². The largest absolute Gasteiger partial charge is 0.197 e. The van der Waals surface area contributed by atoms with E-state index in [-0.39, 0.29) is 0 Å². The molecule has 11 heavy (non-hydrogen) atoms. The summed E-state index contributed by atoms with van der Waals surface area (Å²) in [4.78, 5) is 1.03. The van der Waals surface area contributed by atoms with Gasteiger partial charge in [0.15, 0.2) is 0 Å². The van der Waals surface area contributed by atoms with Gasteiger partial charge in [-0.2, -0.15) is 15.4 Å². The van der Waals surface area contributed by atoms with Crippen molar-refractivity contribution in [2.24, 2.45) is 0 Å². The second-order valence-electron chi connectivity index (χ2n) is 1.96. The maximum atomic E-state index is 5.74. The molecule has 2 aromatic rings. The molecule has 0 aliphatic carbocycles. The maximum Gasteiger partial charge on any atom is 0.122 e. The number of rotatable bonds is 1. The number of aromatic nitrogens is 3. The molecule has 0 unspecified atom stereocenters. The third-order valence-corrected chi connectivity index (χ3v) is 2.49. The first kappa shape index (κ1) is 6.82. The quantitative estimate of drug-likeness (QED) is 0.740. The molecular formula is C6H4ClN3S. The summed E-state index contributed by atoms with van der Waals surface area (Å²) in [5.41, 5.74) is 0.835. The minimum absolute atomic E-state index is 0.767. The second kappa shape index (κ2) is 2.64. The lowest BCUT2D eigenvalue weighted by molar-refractivity contribution is 0.942. The van der Waals surface area contributed by atoms with E-state index in [0.717, 1.165) is 14.9 Å². The van der Waals surface area contributed by atoms with Gasteiger partial charge < -0.3 is 0 Å². The third-order valence-electron chi connectivity index (χ3n) is 1.24. The highest BCUT2D eigenvalue weighted by Crippen LogP contribution is 2.28. The Balaban J connectivity index is 2.45. The summed E-state index contributed by atoms with van der Waals surface area (Å²) >= 11 is 7.23. The van der Waals surface area contributed by atoms with Crippen LogP contribution in [-0.2, 0) is 0 Å². The average molecular weight is 186 g/mol. The molecule has 0 aliphatic rings. The summed E-state index contributed by atoms with van der Waals surface area (Å²) in [6.45, 7) is 0. The molecule has 3 nitrogen and oxygen atoms in total. The summed E-state index contributed by atoms with van der Waals surface area (Å²) in [6, 6.07) is 3.76. The average Bonchev–Trinajstić information content (AvgIpc) is 2.55. The van der Waals surface area contributed by atoms with Gasteiger partial charge in [-0.05, 0) is 12.1 Å². The first-order chi connectivity index (χ1) is 5.36. The molecule has 0 spiro atoms. The van der Waals surface area contributed by atoms with Gasteiger partial charge >= 0.3 is 0 Å². The Kier molecular flexibility index (Phi) is 1.63. The lowest BCUT2D eigenvalue weighted by Crippen LogP contribution is -1.69. The monoisotopic (exact) mass is 185 g/mol. The number of halogens is 1. The maximum absolute atomic E-state index is 5.74. The normalized spacial score (nSPS) is 10.3. The molecule has 0 aliphatic heterocycles. The smallest absolute Gasteiger partial charge is 0.122 e. The fourth-order valence-electron chi connectivity index (χ4n) is 0.772. The first-order valence-corrected chi connectivity index (χ1v) is 4.17. The molecule has 56 valence electrons. The van der Waals surface area contributed by atoms with Gasteiger partial charge in [0.25, 0.3) is 0 Å². The standard InChI is InChI=1S/C6H4ClN3S/c7-6-2-1-5(11-6)4-3-8-10-9-4/h1-3H,(H,8,9,10). The number of hydrogen-bond donors (Lipinski definition) is 1. The molecular weight excluding hydrogens is 182 g/mol. The van der Waals surface area contributed by atoms with E-state index in [1.54, 1.807) is 6.20 Å². The zero-order valence-corrected chi connectivity index (χ0v) is 6.99. The number of thiophene rings is 1. The van der Waals surface area contributed by atoms with E-state index < -0.39 is 0 Å². The molecule has 2 rings (SSSR count). The zero-order chi connectivity index (χ0) is 7.68. The SMILES string of the molecule is Clc1ccc(-c2cn[nH]n2)s1. The van der Waals surface area contributed by atoms with Crippen molar-refractivity contribution in [2.45, 2.75) is 0 Å². The van der Waals surface area contributed by atoms with Crippen molar-refractivity contribution in [3.8, 4) is 10.6 Å². The molecule has 0 saturated heterocycles. The van der Waals surface area contributed by atoms with Crippen LogP contribution < -0.4 is 0 Å². The summed E-state index contributed by atoms with van der Waals surface area (Å²) in [7, 11) is 0. The molecule has 0 bridgehead atoms. The predicted octanol–water partition coefficient (Wildman–Crippen LogP) is 2.19. The second-order valence-corrected chi connectivity index (χ2v) is 3.67. The minimum Gasteiger partial charge on any atom is -0.197 e. The Morgan fingerprint density at radius 2 is 2.36 bits per heavy atom. The van der Waals surface area contributed by atoms with Gasteiger partial charge in [0.2, 0.25) is 0 Å². The van der Waals surface area contributed by atoms with Crippen LogP contribution in [0.25, 0.3) is 10.6 Å². The van der Waals surface area contributed by atoms with Crippen LogP contribution in [0.1, 0.15) is 0 Å². The van der Waals surface area contributed by atoms with Crippen LogP contribution >= 0.6 is 22.9 Å². The molecule has 2 heterocycles. The molecule has 0 radical (unpaired) electrons. The molecule has 5 heteroatoms. The van der Waals surface area contributed by atoms with Gasteiger partial charge in [-0.1, -0.05) is 11.6 Å². The van der Waals surface area contributed by atoms with Crippen LogP contribution in [0.3, 0.4) is 0 Å². The summed E-state index contributed by atoms with van der Waals surface area (Å²) < 4.78 is 0.767. The molecule has 0 amide bonds. The highest BCUT2D eigenvalue weighted by atomic mass is 35.5. The number of H-pyrrole nitrogens is 1. The van der Waals surface area contributed by atoms with Crippen LogP contribution in [-0.4, -0.2) is 15.4 Å². The van der Waals surface area contributed by atoms with E-state index in [4.69, 9.17) is 11.6 Å². The summed E-state index contributed by atoms with van der Waals surface area (Å²) in [5, 5.41) is 10.2. The van der Waals surface area contributed by atoms with Crippen molar-refractivity contribution in [2.75, 3.05) is 0 Å². The van der Waals surface area contributed by atoms with E-state index in [9.17, 15) is 0 Å². The Morgan fingerprint density at radius 1 is 1.45 bits per heavy atom. The van der Waals surface area contributed by atoms with Gasteiger partial charge in [-0.25, -0.2) is 0 Å². The topological polar surface area (TPSA) is 41.6 Å². The van der Waals surface area contributed by atoms with Gasteiger partial charge in [-0.15, -0.1) is 11.3 Å². The predicted molar refractivity (Wildman–Crippen MR) is 44.7 cm³/mol. The Morgan fingerprint density at radius 3 is 2.91 bits per heavy atom. The van der Waals surface area contributed by atoms with Crippen molar-refractivity contribution in [3.63, 3.8) is 0 Å². The zero-order valence-electron chi connectivity index (χ0n) is 5.41. The molecule has 0 fully saturated rings. The van der Waals surface area contributed by atoms with Gasteiger partial charge in [0.1, 0.15) is 5.69 Å². The van der Waals surface area contributed by atoms with Gasteiger partial charge in [-0.3, -0.25) is 0 Å². The van der Waals surface area contributed by atoms with Gasteiger partial charge in [0, 0.05) is 0 Å². The van der Waals surface area contributed by atoms with Crippen molar-refractivity contribution in [1.29, 1.82) is 0 Å². The number of nitrogens with one attached hydrogen (secondary N) is 1. The third kappa shape index (κ3) is 1.27. The van der Waals surface area contributed by atoms with E-state index in [1.165, 1.54) is 11.3 Å². The van der Waals surface area contributed by atoms with E-state index in [1.807, 2.05) is 12.1 Å². The fourth-order valence-corrected chi connectivity index (χ4v) is 1.77.